The Morgan fingerprint density at radius 2 is 2.15 bits per heavy atom. The summed E-state index contributed by atoms with van der Waals surface area (Å²) in [5.41, 5.74) is 6.72. The molecule has 1 saturated carbocycles. The lowest BCUT2D eigenvalue weighted by atomic mass is 10.3. The number of rotatable bonds is 4. The highest BCUT2D eigenvalue weighted by Crippen LogP contribution is 2.36. The molecule has 0 atom stereocenters. The van der Waals surface area contributed by atoms with Gasteiger partial charge in [0.05, 0.1) is 13.2 Å². The van der Waals surface area contributed by atoms with Crippen LogP contribution in [0.15, 0.2) is 28.3 Å². The fourth-order valence-electron chi connectivity index (χ4n) is 2.46. The molecule has 20 heavy (non-hydrogen) atoms. The van der Waals surface area contributed by atoms with E-state index in [1.807, 2.05) is 22.9 Å². The molecule has 3 rings (SSSR count). The molecule has 0 unspecified atom stereocenters. The van der Waals surface area contributed by atoms with Crippen molar-refractivity contribution in [3.63, 3.8) is 0 Å². The van der Waals surface area contributed by atoms with Gasteiger partial charge in [-0.15, -0.1) is 5.10 Å². The number of nitrogens with zero attached hydrogens (tertiary/aromatic N) is 4. The molecule has 1 aliphatic carbocycles. The van der Waals surface area contributed by atoms with Gasteiger partial charge in [0.15, 0.2) is 0 Å². The van der Waals surface area contributed by atoms with Gasteiger partial charge in [-0.25, -0.2) is 4.68 Å². The zero-order chi connectivity index (χ0) is 13.9. The first-order chi connectivity index (χ1) is 9.78. The van der Waals surface area contributed by atoms with Gasteiger partial charge in [0.25, 0.3) is 0 Å². The largest absolute Gasteiger partial charge is 0.497 e. The Bertz CT molecular complexity index is 594. The van der Waals surface area contributed by atoms with Crippen LogP contribution in [0.1, 0.15) is 31.7 Å². The first kappa shape index (κ1) is 13.2. The molecular weight excluding hydrogens is 274 g/mol. The summed E-state index contributed by atoms with van der Waals surface area (Å²) in [5.74, 6) is 0.779. The first-order valence-electron chi connectivity index (χ1n) is 6.67. The van der Waals surface area contributed by atoms with Gasteiger partial charge >= 0.3 is 0 Å². The maximum absolute atomic E-state index is 6.01. The normalized spacial score (nSPS) is 15.7. The van der Waals surface area contributed by atoms with E-state index in [1.165, 1.54) is 24.6 Å². The monoisotopic (exact) mass is 291 g/mol. The van der Waals surface area contributed by atoms with Crippen molar-refractivity contribution in [3.8, 4) is 5.75 Å². The van der Waals surface area contributed by atoms with E-state index in [0.29, 0.717) is 11.7 Å². The van der Waals surface area contributed by atoms with E-state index < -0.39 is 0 Å². The van der Waals surface area contributed by atoms with Crippen molar-refractivity contribution in [2.45, 2.75) is 41.8 Å². The van der Waals surface area contributed by atoms with Crippen molar-refractivity contribution >= 4 is 17.4 Å². The zero-order valence-corrected chi connectivity index (χ0v) is 12.1. The minimum Gasteiger partial charge on any atom is -0.497 e. The minimum atomic E-state index is 0.416. The van der Waals surface area contributed by atoms with Crippen LogP contribution in [0.3, 0.4) is 0 Å². The number of hydrogen-bond donors (Lipinski definition) is 1. The van der Waals surface area contributed by atoms with Gasteiger partial charge in [0, 0.05) is 10.6 Å². The molecule has 1 heterocycles. The maximum Gasteiger partial charge on any atom is 0.214 e. The molecule has 0 aliphatic heterocycles. The van der Waals surface area contributed by atoms with E-state index in [1.54, 1.807) is 7.11 Å². The lowest BCUT2D eigenvalue weighted by molar-refractivity contribution is 0.413. The van der Waals surface area contributed by atoms with Gasteiger partial charge in [0.2, 0.25) is 5.16 Å². The molecule has 2 aromatic rings. The van der Waals surface area contributed by atoms with Crippen molar-refractivity contribution in [1.82, 2.24) is 20.2 Å². The Kier molecular flexibility index (Phi) is 3.77. The Hall–Kier alpha value is -1.76. The third-order valence-electron chi connectivity index (χ3n) is 3.56. The van der Waals surface area contributed by atoms with Gasteiger partial charge in [-0.05, 0) is 53.2 Å². The molecule has 0 bridgehead atoms. The van der Waals surface area contributed by atoms with Crippen LogP contribution in [-0.4, -0.2) is 27.3 Å². The molecular formula is C13H17N5OS. The molecule has 0 radical (unpaired) electrons. The third-order valence-corrected chi connectivity index (χ3v) is 4.58. The van der Waals surface area contributed by atoms with E-state index in [4.69, 9.17) is 10.5 Å². The van der Waals surface area contributed by atoms with Crippen LogP contribution in [0.25, 0.3) is 0 Å². The van der Waals surface area contributed by atoms with Crippen molar-refractivity contribution in [3.05, 3.63) is 18.2 Å². The summed E-state index contributed by atoms with van der Waals surface area (Å²) in [5, 5.41) is 12.8. The van der Waals surface area contributed by atoms with Crippen LogP contribution in [0.2, 0.25) is 0 Å². The highest BCUT2D eigenvalue weighted by Gasteiger charge is 2.22. The molecule has 1 aromatic carbocycles. The number of anilines is 1. The summed E-state index contributed by atoms with van der Waals surface area (Å²) < 4.78 is 7.16. The number of methoxy groups -OCH3 is 1. The van der Waals surface area contributed by atoms with E-state index in [9.17, 15) is 0 Å². The van der Waals surface area contributed by atoms with Crippen LogP contribution < -0.4 is 10.5 Å². The summed E-state index contributed by atoms with van der Waals surface area (Å²) in [4.78, 5) is 0.915. The predicted octanol–water partition coefficient (Wildman–Crippen LogP) is 2.53. The Morgan fingerprint density at radius 3 is 2.90 bits per heavy atom. The number of benzene rings is 1. The van der Waals surface area contributed by atoms with E-state index in [2.05, 4.69) is 15.5 Å². The highest BCUT2D eigenvalue weighted by molar-refractivity contribution is 7.99. The Balaban J connectivity index is 1.86. The smallest absolute Gasteiger partial charge is 0.214 e. The van der Waals surface area contributed by atoms with Crippen molar-refractivity contribution in [1.29, 1.82) is 0 Å². The maximum atomic E-state index is 6.01. The van der Waals surface area contributed by atoms with Crippen LogP contribution in [0.4, 0.5) is 5.69 Å². The molecule has 1 fully saturated rings. The molecule has 1 aliphatic rings. The quantitative estimate of drug-likeness (QED) is 0.872. The predicted molar refractivity (Wildman–Crippen MR) is 76.9 cm³/mol. The first-order valence-corrected chi connectivity index (χ1v) is 7.49. The van der Waals surface area contributed by atoms with Gasteiger partial charge < -0.3 is 10.5 Å². The average Bonchev–Trinajstić information content (AvgIpc) is 3.11. The number of nitrogens with two attached hydrogens (primary N) is 1. The Labute approximate surface area is 121 Å². The van der Waals surface area contributed by atoms with Crippen LogP contribution in [-0.2, 0) is 0 Å². The standard InChI is InChI=1S/C13H17N5OS/c1-19-10-6-7-11(14)12(8-10)20-13-15-16-17-18(13)9-4-2-3-5-9/h6-9H,2-5,14H2,1H3. The summed E-state index contributed by atoms with van der Waals surface area (Å²) in [6.07, 6.45) is 4.78. The van der Waals surface area contributed by atoms with Gasteiger partial charge in [-0.1, -0.05) is 12.8 Å². The number of ether oxygens (including phenoxy) is 1. The minimum absolute atomic E-state index is 0.416. The van der Waals surface area contributed by atoms with Crippen LogP contribution >= 0.6 is 11.8 Å². The van der Waals surface area contributed by atoms with E-state index in [0.717, 1.165) is 28.6 Å². The third kappa shape index (κ3) is 2.58. The van der Waals surface area contributed by atoms with E-state index >= 15 is 0 Å². The highest BCUT2D eigenvalue weighted by atomic mass is 32.2. The second-order valence-electron chi connectivity index (χ2n) is 4.85. The molecule has 7 heteroatoms. The molecule has 1 aromatic heterocycles. The Morgan fingerprint density at radius 1 is 1.35 bits per heavy atom. The molecule has 2 N–H and O–H groups in total. The van der Waals surface area contributed by atoms with Gasteiger partial charge in [-0.2, -0.15) is 0 Å². The fourth-order valence-corrected chi connectivity index (χ4v) is 3.37. The van der Waals surface area contributed by atoms with Gasteiger partial charge in [-0.3, -0.25) is 0 Å². The van der Waals surface area contributed by atoms with Crippen molar-refractivity contribution in [2.75, 3.05) is 12.8 Å². The molecule has 0 amide bonds. The second-order valence-corrected chi connectivity index (χ2v) is 5.86. The van der Waals surface area contributed by atoms with E-state index in [-0.39, 0.29) is 0 Å². The molecule has 6 nitrogen and oxygen atoms in total. The fraction of sp³-hybridized carbons (Fsp3) is 0.462. The number of nitrogen functional groups attached to an aromatic ring is 1. The second kappa shape index (κ2) is 5.70. The van der Waals surface area contributed by atoms with Gasteiger partial charge in [0.1, 0.15) is 5.75 Å². The summed E-state index contributed by atoms with van der Waals surface area (Å²) >= 11 is 1.49. The summed E-state index contributed by atoms with van der Waals surface area (Å²) in [6, 6.07) is 6.01. The molecule has 106 valence electrons. The summed E-state index contributed by atoms with van der Waals surface area (Å²) in [7, 11) is 1.64. The number of tetrazole rings is 1. The average molecular weight is 291 g/mol. The lowest BCUT2D eigenvalue weighted by Crippen LogP contribution is -2.08. The van der Waals surface area contributed by atoms with Crippen molar-refractivity contribution in [2.24, 2.45) is 0 Å². The SMILES string of the molecule is COc1ccc(N)c(Sc2nnnn2C2CCCC2)c1. The number of hydrogen-bond acceptors (Lipinski definition) is 6. The lowest BCUT2D eigenvalue weighted by Gasteiger charge is -2.12. The zero-order valence-electron chi connectivity index (χ0n) is 11.3. The van der Waals surface area contributed by atoms with Crippen LogP contribution in [0.5, 0.6) is 5.75 Å². The topological polar surface area (TPSA) is 78.8 Å². The van der Waals surface area contributed by atoms with Crippen molar-refractivity contribution < 1.29 is 4.74 Å². The van der Waals surface area contributed by atoms with Crippen LogP contribution in [0, 0.1) is 0 Å². The molecule has 0 spiro atoms. The summed E-state index contributed by atoms with van der Waals surface area (Å²) in [6.45, 7) is 0. The molecule has 0 saturated heterocycles. The number of aromatic nitrogens is 4.